The maximum atomic E-state index is 14.3. The van der Waals surface area contributed by atoms with Crippen LogP contribution in [-0.2, 0) is 28.6 Å². The first kappa shape index (κ1) is 27.8. The van der Waals surface area contributed by atoms with E-state index in [1.165, 1.54) is 13.8 Å². The summed E-state index contributed by atoms with van der Waals surface area (Å²) in [7, 11) is 0. The predicted octanol–water partition coefficient (Wildman–Crippen LogP) is 5.24. The lowest BCUT2D eigenvalue weighted by molar-refractivity contribution is -0.179. The van der Waals surface area contributed by atoms with Gasteiger partial charge >= 0.3 is 17.9 Å². The molecule has 0 unspecified atom stereocenters. The van der Waals surface area contributed by atoms with Crippen LogP contribution in [0.2, 0.25) is 0 Å². The van der Waals surface area contributed by atoms with E-state index in [2.05, 4.69) is 20.4 Å². The summed E-state index contributed by atoms with van der Waals surface area (Å²) in [5, 5.41) is 0. The minimum Gasteiger partial charge on any atom is -0.458 e. The standard InChI is InChI=1S/C31H38O7/c1-17-13-14-23-24(30(23,6)7)15-18(2)28(34)31(38-21(5)33)16-19(3)27(25(31)26(17)36-20(4)32)37-29(35)22-11-9-8-10-12-22/h8-12,15,19,23-27H,1,13-14,16H2,2-7H3/b18-15-/t19-,23-,24+,25-,26-,27-,31+/m0/s1. The molecule has 1 aromatic rings. The highest BCUT2D eigenvalue weighted by molar-refractivity contribution is 6.03. The molecule has 2 saturated carbocycles. The Labute approximate surface area is 224 Å². The smallest absolute Gasteiger partial charge is 0.338 e. The van der Waals surface area contributed by atoms with Crippen LogP contribution < -0.4 is 0 Å². The molecule has 0 aliphatic heterocycles. The van der Waals surface area contributed by atoms with E-state index in [9.17, 15) is 19.2 Å². The summed E-state index contributed by atoms with van der Waals surface area (Å²) in [6, 6.07) is 8.56. The monoisotopic (exact) mass is 522 g/mol. The van der Waals surface area contributed by atoms with Crippen LogP contribution in [0.1, 0.15) is 71.2 Å². The lowest BCUT2D eigenvalue weighted by Gasteiger charge is -2.39. The number of carbonyl (C=O) groups is 4. The Hall–Kier alpha value is -3.22. The first-order chi connectivity index (χ1) is 17.8. The molecule has 0 bridgehead atoms. The van der Waals surface area contributed by atoms with Gasteiger partial charge in [-0.05, 0) is 66.2 Å². The fraction of sp³-hybridized carbons (Fsp3) is 0.548. The maximum absolute atomic E-state index is 14.3. The minimum absolute atomic E-state index is 0.0165. The van der Waals surface area contributed by atoms with Gasteiger partial charge < -0.3 is 14.2 Å². The van der Waals surface area contributed by atoms with Crippen molar-refractivity contribution in [2.75, 3.05) is 0 Å². The number of hydrogen-bond donors (Lipinski definition) is 0. The highest BCUT2D eigenvalue weighted by Crippen LogP contribution is 2.62. The molecule has 0 radical (unpaired) electrons. The average molecular weight is 523 g/mol. The number of hydrogen-bond acceptors (Lipinski definition) is 7. The van der Waals surface area contributed by atoms with Gasteiger partial charge in [0, 0.05) is 20.3 Å². The number of esters is 3. The van der Waals surface area contributed by atoms with E-state index in [0.717, 1.165) is 6.42 Å². The molecule has 2 fully saturated rings. The van der Waals surface area contributed by atoms with E-state index in [4.69, 9.17) is 14.2 Å². The molecule has 0 N–H and O–H groups in total. The van der Waals surface area contributed by atoms with E-state index >= 15 is 0 Å². The zero-order valence-corrected chi connectivity index (χ0v) is 23.1. The van der Waals surface area contributed by atoms with Crippen LogP contribution >= 0.6 is 0 Å². The lowest BCUT2D eigenvalue weighted by atomic mass is 9.76. The second-order valence-electron chi connectivity index (χ2n) is 11.8. The van der Waals surface area contributed by atoms with Gasteiger partial charge in [0.15, 0.2) is 5.60 Å². The molecule has 3 aliphatic rings. The summed E-state index contributed by atoms with van der Waals surface area (Å²) in [4.78, 5) is 52.4. The van der Waals surface area contributed by atoms with Gasteiger partial charge in [-0.2, -0.15) is 0 Å². The molecule has 7 atom stereocenters. The van der Waals surface area contributed by atoms with Crippen LogP contribution in [0.15, 0.2) is 54.1 Å². The van der Waals surface area contributed by atoms with Crippen LogP contribution in [0.3, 0.4) is 0 Å². The maximum Gasteiger partial charge on any atom is 0.338 e. The SMILES string of the molecule is C=C1CC[C@H]2[C@@H](/C=C(/C)C(=O)[C@@]3(OC(C)=O)C[C@H](C)[C@H](OC(=O)c4ccccc4)[C@@H]3[C@H]1OC(C)=O)C2(C)C. The van der Waals surface area contributed by atoms with Gasteiger partial charge in [0.05, 0.1) is 11.5 Å². The molecule has 0 saturated heterocycles. The van der Waals surface area contributed by atoms with E-state index in [0.29, 0.717) is 29.0 Å². The van der Waals surface area contributed by atoms with Crippen molar-refractivity contribution in [1.82, 2.24) is 0 Å². The summed E-state index contributed by atoms with van der Waals surface area (Å²) < 4.78 is 17.9. The normalized spacial score (nSPS) is 35.5. The van der Waals surface area contributed by atoms with E-state index in [1.807, 2.05) is 13.0 Å². The second-order valence-corrected chi connectivity index (χ2v) is 11.8. The van der Waals surface area contributed by atoms with Crippen molar-refractivity contribution in [3.8, 4) is 0 Å². The van der Waals surface area contributed by atoms with Gasteiger partial charge in [-0.25, -0.2) is 4.79 Å². The highest BCUT2D eigenvalue weighted by atomic mass is 16.6. The van der Waals surface area contributed by atoms with Gasteiger partial charge in [0.2, 0.25) is 5.78 Å². The van der Waals surface area contributed by atoms with Crippen molar-refractivity contribution in [2.24, 2.45) is 29.1 Å². The third-order valence-corrected chi connectivity index (χ3v) is 8.77. The first-order valence-electron chi connectivity index (χ1n) is 13.3. The molecule has 0 spiro atoms. The molecular weight excluding hydrogens is 484 g/mol. The second kappa shape index (κ2) is 10.2. The Kier molecular flexibility index (Phi) is 7.43. The van der Waals surface area contributed by atoms with E-state index in [-0.39, 0.29) is 29.5 Å². The fourth-order valence-corrected chi connectivity index (χ4v) is 6.80. The molecule has 1 aromatic carbocycles. The van der Waals surface area contributed by atoms with Crippen molar-refractivity contribution in [2.45, 2.75) is 78.6 Å². The number of benzene rings is 1. The number of ketones is 1. The number of ether oxygens (including phenoxy) is 3. The van der Waals surface area contributed by atoms with Gasteiger partial charge in [0.25, 0.3) is 0 Å². The summed E-state index contributed by atoms with van der Waals surface area (Å²) >= 11 is 0. The van der Waals surface area contributed by atoms with Crippen LogP contribution in [0, 0.1) is 29.1 Å². The fourth-order valence-electron chi connectivity index (χ4n) is 6.80. The third-order valence-electron chi connectivity index (χ3n) is 8.77. The molecule has 4 rings (SSSR count). The zero-order chi connectivity index (χ0) is 28.0. The molecule has 204 valence electrons. The van der Waals surface area contributed by atoms with E-state index < -0.39 is 41.6 Å². The number of Topliss-reactive ketones (excluding diaryl/α,β-unsaturated/α-hetero) is 1. The summed E-state index contributed by atoms with van der Waals surface area (Å²) in [6.07, 6.45) is 1.63. The Morgan fingerprint density at radius 2 is 1.68 bits per heavy atom. The molecule has 7 nitrogen and oxygen atoms in total. The van der Waals surface area contributed by atoms with Crippen LogP contribution in [0.4, 0.5) is 0 Å². The Morgan fingerprint density at radius 3 is 2.29 bits per heavy atom. The van der Waals surface area contributed by atoms with E-state index in [1.54, 1.807) is 37.3 Å². The van der Waals surface area contributed by atoms with Crippen molar-refractivity contribution in [1.29, 1.82) is 0 Å². The van der Waals surface area contributed by atoms with Gasteiger partial charge in [-0.1, -0.05) is 51.6 Å². The summed E-state index contributed by atoms with van der Waals surface area (Å²) in [6.45, 7) is 14.8. The average Bonchev–Trinajstić information content (AvgIpc) is 3.24. The quantitative estimate of drug-likeness (QED) is 0.303. The van der Waals surface area contributed by atoms with Crippen molar-refractivity contribution >= 4 is 23.7 Å². The molecular formula is C31H38O7. The molecule has 0 heterocycles. The molecule has 0 aromatic heterocycles. The molecule has 3 aliphatic carbocycles. The van der Waals surface area contributed by atoms with Crippen molar-refractivity contribution in [3.05, 3.63) is 59.7 Å². The summed E-state index contributed by atoms with van der Waals surface area (Å²) in [5.41, 5.74) is -0.203. The number of rotatable bonds is 4. The van der Waals surface area contributed by atoms with Gasteiger partial charge in [0.1, 0.15) is 12.2 Å². The topological polar surface area (TPSA) is 96.0 Å². The number of allylic oxidation sites excluding steroid dienone is 1. The Bertz CT molecular complexity index is 1180. The minimum atomic E-state index is -1.69. The zero-order valence-electron chi connectivity index (χ0n) is 23.1. The first-order valence-corrected chi connectivity index (χ1v) is 13.3. The van der Waals surface area contributed by atoms with Crippen molar-refractivity contribution < 1.29 is 33.4 Å². The molecule has 7 heteroatoms. The van der Waals surface area contributed by atoms with Crippen LogP contribution in [-0.4, -0.2) is 41.5 Å². The highest BCUT2D eigenvalue weighted by Gasteiger charge is 2.65. The molecule has 38 heavy (non-hydrogen) atoms. The Balaban J connectivity index is 1.87. The predicted molar refractivity (Wildman–Crippen MR) is 141 cm³/mol. The Morgan fingerprint density at radius 1 is 1.03 bits per heavy atom. The van der Waals surface area contributed by atoms with Gasteiger partial charge in [-0.15, -0.1) is 0 Å². The number of carbonyl (C=O) groups excluding carboxylic acids is 4. The van der Waals surface area contributed by atoms with Crippen LogP contribution in [0.25, 0.3) is 0 Å². The number of fused-ring (bicyclic) bond motifs is 2. The molecule has 0 amide bonds. The van der Waals surface area contributed by atoms with Gasteiger partial charge in [-0.3, -0.25) is 14.4 Å². The largest absolute Gasteiger partial charge is 0.458 e. The summed E-state index contributed by atoms with van der Waals surface area (Å²) in [5.74, 6) is -2.89. The van der Waals surface area contributed by atoms with Crippen molar-refractivity contribution in [3.63, 3.8) is 0 Å². The third kappa shape index (κ3) is 4.95. The lowest BCUT2D eigenvalue weighted by Crippen LogP contribution is -2.55. The van der Waals surface area contributed by atoms with Crippen LogP contribution in [0.5, 0.6) is 0 Å².